The van der Waals surface area contributed by atoms with Crippen LogP contribution in [0.1, 0.15) is 64.9 Å². The quantitative estimate of drug-likeness (QED) is 0.567. The maximum Gasteiger partial charge on any atom is 0.264 e. The van der Waals surface area contributed by atoms with Crippen LogP contribution >= 0.6 is 0 Å². The minimum atomic E-state index is -0.500. The molecule has 1 aromatic heterocycles. The van der Waals surface area contributed by atoms with Crippen molar-refractivity contribution < 1.29 is 9.59 Å². The number of carbonyl (C=O) groups is 2. The van der Waals surface area contributed by atoms with E-state index in [1.165, 1.54) is 30.5 Å². The third kappa shape index (κ3) is 5.82. The Morgan fingerprint density at radius 3 is 2.55 bits per heavy atom. The second kappa shape index (κ2) is 10.9. The molecule has 1 unspecified atom stereocenters. The number of benzene rings is 1. The summed E-state index contributed by atoms with van der Waals surface area (Å²) < 4.78 is 1.46. The second-order valence-electron chi connectivity index (χ2n) is 8.11. The van der Waals surface area contributed by atoms with E-state index < -0.39 is 11.5 Å². The fourth-order valence-electron chi connectivity index (χ4n) is 4.07. The van der Waals surface area contributed by atoms with Crippen molar-refractivity contribution >= 4 is 11.8 Å². The molecular formula is C24H32N4O3. The van der Waals surface area contributed by atoms with Crippen molar-refractivity contribution in [2.24, 2.45) is 5.92 Å². The van der Waals surface area contributed by atoms with Crippen molar-refractivity contribution in [3.63, 3.8) is 0 Å². The first-order valence-electron chi connectivity index (χ1n) is 11.0. The molecule has 1 atom stereocenters. The molecule has 0 radical (unpaired) electrons. The highest BCUT2D eigenvalue weighted by Crippen LogP contribution is 2.18. The van der Waals surface area contributed by atoms with E-state index in [0.29, 0.717) is 18.0 Å². The lowest BCUT2D eigenvalue weighted by molar-refractivity contribution is 0.0951. The van der Waals surface area contributed by atoms with Gasteiger partial charge in [-0.2, -0.15) is 0 Å². The topological polar surface area (TPSA) is 92.2 Å². The van der Waals surface area contributed by atoms with Crippen LogP contribution in [0.5, 0.6) is 0 Å². The maximum absolute atomic E-state index is 13.0. The summed E-state index contributed by atoms with van der Waals surface area (Å²) in [5.74, 6) is -0.0596. The zero-order chi connectivity index (χ0) is 22.2. The highest BCUT2D eigenvalue weighted by molar-refractivity contribution is 5.99. The Hall–Kier alpha value is -2.93. The van der Waals surface area contributed by atoms with Crippen LogP contribution in [0.25, 0.3) is 0 Å². The van der Waals surface area contributed by atoms with Gasteiger partial charge < -0.3 is 20.5 Å². The van der Waals surface area contributed by atoms with E-state index in [2.05, 4.69) is 16.0 Å². The third-order valence-corrected chi connectivity index (χ3v) is 6.01. The number of rotatable bonds is 8. The van der Waals surface area contributed by atoms with Crippen molar-refractivity contribution in [1.29, 1.82) is 0 Å². The van der Waals surface area contributed by atoms with Crippen LogP contribution in [-0.4, -0.2) is 43.1 Å². The Morgan fingerprint density at radius 2 is 1.87 bits per heavy atom. The monoisotopic (exact) mass is 424 g/mol. The number of hydrogen-bond donors (Lipinski definition) is 3. The van der Waals surface area contributed by atoms with E-state index in [-0.39, 0.29) is 17.5 Å². The molecule has 0 saturated carbocycles. The number of carbonyl (C=O) groups excluding carboxylic acids is 2. The summed E-state index contributed by atoms with van der Waals surface area (Å²) >= 11 is 0. The third-order valence-electron chi connectivity index (χ3n) is 6.01. The predicted octanol–water partition coefficient (Wildman–Crippen LogP) is 2.33. The van der Waals surface area contributed by atoms with E-state index in [1.54, 1.807) is 6.20 Å². The lowest BCUT2D eigenvalue weighted by Crippen LogP contribution is -2.35. The van der Waals surface area contributed by atoms with Gasteiger partial charge in [0.1, 0.15) is 5.56 Å². The number of nitrogens with one attached hydrogen (secondary N) is 3. The van der Waals surface area contributed by atoms with Crippen LogP contribution in [0.3, 0.4) is 0 Å². The largest absolute Gasteiger partial charge is 0.355 e. The first kappa shape index (κ1) is 22.7. The lowest BCUT2D eigenvalue weighted by Gasteiger charge is -2.22. The van der Waals surface area contributed by atoms with Crippen LogP contribution in [0.15, 0.2) is 47.4 Å². The summed E-state index contributed by atoms with van der Waals surface area (Å²) in [5, 5.41) is 8.80. The van der Waals surface area contributed by atoms with E-state index >= 15 is 0 Å². The highest BCUT2D eigenvalue weighted by Gasteiger charge is 2.20. The lowest BCUT2D eigenvalue weighted by atomic mass is 9.93. The fourth-order valence-corrected chi connectivity index (χ4v) is 4.07. The van der Waals surface area contributed by atoms with Crippen LogP contribution in [0.2, 0.25) is 0 Å². The van der Waals surface area contributed by atoms with E-state index in [1.807, 2.05) is 37.3 Å². The Bertz CT molecular complexity index is 949. The molecule has 0 aliphatic carbocycles. The van der Waals surface area contributed by atoms with E-state index in [4.69, 9.17) is 0 Å². The number of hydrogen-bond acceptors (Lipinski definition) is 4. The minimum absolute atomic E-state index is 0.0346. The molecule has 2 heterocycles. The number of nitrogens with zero attached hydrogens (tertiary/aromatic N) is 1. The molecule has 2 aromatic rings. The van der Waals surface area contributed by atoms with Gasteiger partial charge in [-0.3, -0.25) is 14.4 Å². The zero-order valence-electron chi connectivity index (χ0n) is 18.3. The van der Waals surface area contributed by atoms with Gasteiger partial charge >= 0.3 is 0 Å². The number of piperidine rings is 1. The molecule has 1 aliphatic heterocycles. The van der Waals surface area contributed by atoms with Gasteiger partial charge in [0.2, 0.25) is 0 Å². The van der Waals surface area contributed by atoms with Gasteiger partial charge in [0.05, 0.1) is 11.6 Å². The van der Waals surface area contributed by atoms with Crippen molar-refractivity contribution in [1.82, 2.24) is 20.5 Å². The average Bonchev–Trinajstić information content (AvgIpc) is 2.82. The molecule has 1 fully saturated rings. The average molecular weight is 425 g/mol. The SMILES string of the molecule is CNC(=O)c1cc(C(=O)NCCCC2CCNCC2)cn(C(C)c2ccccc2)c1=O. The molecule has 3 rings (SSSR count). The van der Waals surface area contributed by atoms with Crippen LogP contribution in [0, 0.1) is 5.92 Å². The summed E-state index contributed by atoms with van der Waals surface area (Å²) in [7, 11) is 1.47. The number of aromatic nitrogens is 1. The Morgan fingerprint density at radius 1 is 1.16 bits per heavy atom. The Balaban J connectivity index is 1.76. The van der Waals surface area contributed by atoms with Gasteiger partial charge in [-0.05, 0) is 63.2 Å². The van der Waals surface area contributed by atoms with Crippen LogP contribution in [-0.2, 0) is 0 Å². The molecule has 1 aliphatic rings. The molecule has 31 heavy (non-hydrogen) atoms. The molecule has 3 N–H and O–H groups in total. The van der Waals surface area contributed by atoms with Gasteiger partial charge in [0, 0.05) is 19.8 Å². The first-order chi connectivity index (χ1) is 15.0. The van der Waals surface area contributed by atoms with Gasteiger partial charge in [-0.1, -0.05) is 30.3 Å². The fraction of sp³-hybridized carbons (Fsp3) is 0.458. The molecular weight excluding hydrogens is 392 g/mol. The molecule has 166 valence electrons. The number of amides is 2. The Labute approximate surface area is 183 Å². The Kier molecular flexibility index (Phi) is 8.00. The van der Waals surface area contributed by atoms with Crippen molar-refractivity contribution in [2.45, 2.75) is 38.6 Å². The standard InChI is InChI=1S/C24H32N4O3/c1-17(19-8-4-3-5-9-19)28-16-20(15-21(24(28)31)23(30)25-2)22(29)27-12-6-7-18-10-13-26-14-11-18/h3-5,8-9,15-18,26H,6-7,10-14H2,1-2H3,(H,25,30)(H,27,29). The van der Waals surface area contributed by atoms with Crippen molar-refractivity contribution in [3.05, 3.63) is 69.6 Å². The van der Waals surface area contributed by atoms with E-state index in [0.717, 1.165) is 31.5 Å². The van der Waals surface area contributed by atoms with Crippen molar-refractivity contribution in [2.75, 3.05) is 26.7 Å². The maximum atomic E-state index is 13.0. The summed E-state index contributed by atoms with van der Waals surface area (Å²) in [6.45, 7) is 4.59. The van der Waals surface area contributed by atoms with Gasteiger partial charge in [0.15, 0.2) is 0 Å². The van der Waals surface area contributed by atoms with Gasteiger partial charge in [-0.15, -0.1) is 0 Å². The summed E-state index contributed by atoms with van der Waals surface area (Å²) in [4.78, 5) is 38.1. The zero-order valence-corrected chi connectivity index (χ0v) is 18.3. The predicted molar refractivity (Wildman–Crippen MR) is 122 cm³/mol. The smallest absolute Gasteiger partial charge is 0.264 e. The normalized spacial score (nSPS) is 15.3. The molecule has 2 amide bonds. The highest BCUT2D eigenvalue weighted by atomic mass is 16.2. The van der Waals surface area contributed by atoms with Crippen LogP contribution < -0.4 is 21.5 Å². The van der Waals surface area contributed by atoms with Gasteiger partial charge in [0.25, 0.3) is 17.4 Å². The minimum Gasteiger partial charge on any atom is -0.355 e. The molecule has 0 spiro atoms. The molecule has 1 saturated heterocycles. The van der Waals surface area contributed by atoms with Gasteiger partial charge in [-0.25, -0.2) is 0 Å². The molecule has 1 aromatic carbocycles. The molecule has 7 nitrogen and oxygen atoms in total. The van der Waals surface area contributed by atoms with Crippen LogP contribution in [0.4, 0.5) is 0 Å². The second-order valence-corrected chi connectivity index (χ2v) is 8.11. The first-order valence-corrected chi connectivity index (χ1v) is 11.0. The molecule has 0 bridgehead atoms. The molecule has 7 heteroatoms. The summed E-state index contributed by atoms with van der Waals surface area (Å²) in [6, 6.07) is 10.6. The summed E-state index contributed by atoms with van der Waals surface area (Å²) in [6.07, 6.45) is 5.93. The summed E-state index contributed by atoms with van der Waals surface area (Å²) in [5.41, 5.74) is 0.778. The number of pyridine rings is 1. The van der Waals surface area contributed by atoms with Crippen molar-refractivity contribution in [3.8, 4) is 0 Å². The van der Waals surface area contributed by atoms with E-state index in [9.17, 15) is 14.4 Å².